The number of nitrogens with zero attached hydrogens (tertiary/aromatic N) is 1. The summed E-state index contributed by atoms with van der Waals surface area (Å²) in [4.78, 5) is 28.8. The van der Waals surface area contributed by atoms with Gasteiger partial charge in [-0.3, -0.25) is 4.79 Å². The molecule has 1 aliphatic rings. The fourth-order valence-electron chi connectivity index (χ4n) is 3.82. The van der Waals surface area contributed by atoms with E-state index in [1.54, 1.807) is 0 Å². The maximum absolute atomic E-state index is 12.9. The summed E-state index contributed by atoms with van der Waals surface area (Å²) in [5, 5.41) is 5.64. The number of alkyl halides is 3. The number of esters is 1. The van der Waals surface area contributed by atoms with Gasteiger partial charge in [0.1, 0.15) is 11.4 Å². The van der Waals surface area contributed by atoms with E-state index in [1.165, 1.54) is 30.5 Å². The molecule has 172 valence electrons. The Bertz CT molecular complexity index is 965. The van der Waals surface area contributed by atoms with E-state index in [0.29, 0.717) is 11.8 Å². The third kappa shape index (κ3) is 5.99. The number of anilines is 2. The molecule has 1 amide bonds. The zero-order valence-corrected chi connectivity index (χ0v) is 17.9. The van der Waals surface area contributed by atoms with Gasteiger partial charge in [0.2, 0.25) is 0 Å². The summed E-state index contributed by atoms with van der Waals surface area (Å²) < 4.78 is 44.0. The summed E-state index contributed by atoms with van der Waals surface area (Å²) in [5.41, 5.74) is -0.700. The number of aromatic nitrogens is 1. The van der Waals surface area contributed by atoms with Crippen LogP contribution in [-0.4, -0.2) is 29.5 Å². The highest BCUT2D eigenvalue weighted by atomic mass is 19.4. The van der Waals surface area contributed by atoms with Crippen molar-refractivity contribution in [3.63, 3.8) is 0 Å². The SMILES string of the molecule is C[C@@H]1[C@H](C)CCC[C@H]1NC(=O)COC(=O)c1cccnc1Nc1cccc(C(F)(F)F)c1. The lowest BCUT2D eigenvalue weighted by Crippen LogP contribution is -2.45. The highest BCUT2D eigenvalue weighted by molar-refractivity contribution is 5.96. The first-order valence-corrected chi connectivity index (χ1v) is 10.5. The molecule has 0 spiro atoms. The van der Waals surface area contributed by atoms with E-state index in [2.05, 4.69) is 29.5 Å². The van der Waals surface area contributed by atoms with E-state index < -0.39 is 24.3 Å². The second-order valence-electron chi connectivity index (χ2n) is 8.12. The minimum atomic E-state index is -4.50. The van der Waals surface area contributed by atoms with Crippen LogP contribution in [0.15, 0.2) is 42.6 Å². The van der Waals surface area contributed by atoms with Gasteiger partial charge in [0, 0.05) is 17.9 Å². The molecular weight excluding hydrogens is 423 g/mol. The van der Waals surface area contributed by atoms with Crippen LogP contribution in [0.1, 0.15) is 49.0 Å². The van der Waals surface area contributed by atoms with Gasteiger partial charge in [0.25, 0.3) is 5.91 Å². The number of hydrogen-bond acceptors (Lipinski definition) is 5. The number of benzene rings is 1. The first-order chi connectivity index (χ1) is 15.1. The van der Waals surface area contributed by atoms with Crippen molar-refractivity contribution < 1.29 is 27.5 Å². The van der Waals surface area contributed by atoms with Crippen molar-refractivity contribution in [3.05, 3.63) is 53.7 Å². The van der Waals surface area contributed by atoms with Gasteiger partial charge in [-0.1, -0.05) is 32.8 Å². The van der Waals surface area contributed by atoms with Gasteiger partial charge in [-0.2, -0.15) is 13.2 Å². The van der Waals surface area contributed by atoms with Crippen molar-refractivity contribution in [3.8, 4) is 0 Å². The maximum atomic E-state index is 12.9. The predicted molar refractivity (Wildman–Crippen MR) is 113 cm³/mol. The lowest BCUT2D eigenvalue weighted by Gasteiger charge is -2.34. The van der Waals surface area contributed by atoms with Gasteiger partial charge >= 0.3 is 12.1 Å². The second kappa shape index (κ2) is 10.0. The number of amides is 1. The maximum Gasteiger partial charge on any atom is 0.416 e. The Morgan fingerprint density at radius 3 is 2.69 bits per heavy atom. The van der Waals surface area contributed by atoms with Crippen LogP contribution in [0, 0.1) is 11.8 Å². The Balaban J connectivity index is 1.63. The van der Waals surface area contributed by atoms with Crippen LogP contribution in [-0.2, 0) is 15.7 Å². The first kappa shape index (κ1) is 23.6. The smallest absolute Gasteiger partial charge is 0.416 e. The highest BCUT2D eigenvalue weighted by Crippen LogP contribution is 2.32. The monoisotopic (exact) mass is 449 g/mol. The summed E-state index contributed by atoms with van der Waals surface area (Å²) in [7, 11) is 0. The fraction of sp³-hybridized carbons (Fsp3) is 0.435. The van der Waals surface area contributed by atoms with E-state index in [4.69, 9.17) is 4.74 Å². The van der Waals surface area contributed by atoms with E-state index in [9.17, 15) is 22.8 Å². The van der Waals surface area contributed by atoms with Gasteiger partial charge in [0.05, 0.1) is 5.56 Å². The van der Waals surface area contributed by atoms with Gasteiger partial charge < -0.3 is 15.4 Å². The summed E-state index contributed by atoms with van der Waals surface area (Å²) in [6.45, 7) is 3.81. The molecule has 1 aromatic carbocycles. The zero-order chi connectivity index (χ0) is 23.3. The molecule has 0 unspecified atom stereocenters. The molecule has 1 aromatic heterocycles. The minimum Gasteiger partial charge on any atom is -0.452 e. The van der Waals surface area contributed by atoms with Crippen LogP contribution in [0.2, 0.25) is 0 Å². The van der Waals surface area contributed by atoms with Crippen molar-refractivity contribution in [2.24, 2.45) is 11.8 Å². The topological polar surface area (TPSA) is 80.3 Å². The Morgan fingerprint density at radius 1 is 1.16 bits per heavy atom. The number of carbonyl (C=O) groups is 2. The molecule has 1 heterocycles. The molecule has 3 rings (SSSR count). The van der Waals surface area contributed by atoms with Crippen LogP contribution >= 0.6 is 0 Å². The molecule has 0 aliphatic heterocycles. The van der Waals surface area contributed by atoms with Crippen molar-refractivity contribution in [1.82, 2.24) is 10.3 Å². The fourth-order valence-corrected chi connectivity index (χ4v) is 3.82. The molecule has 2 N–H and O–H groups in total. The lowest BCUT2D eigenvalue weighted by molar-refractivity contribution is -0.137. The largest absolute Gasteiger partial charge is 0.452 e. The quantitative estimate of drug-likeness (QED) is 0.611. The van der Waals surface area contributed by atoms with Crippen LogP contribution in [0.3, 0.4) is 0 Å². The van der Waals surface area contributed by atoms with Crippen molar-refractivity contribution >= 4 is 23.4 Å². The molecule has 6 nitrogen and oxygen atoms in total. The van der Waals surface area contributed by atoms with Gasteiger partial charge in [-0.15, -0.1) is 0 Å². The van der Waals surface area contributed by atoms with E-state index in [-0.39, 0.29) is 29.0 Å². The summed E-state index contributed by atoms with van der Waals surface area (Å²) in [6, 6.07) is 7.52. The average molecular weight is 449 g/mol. The van der Waals surface area contributed by atoms with Crippen molar-refractivity contribution in [2.45, 2.75) is 45.3 Å². The summed E-state index contributed by atoms with van der Waals surface area (Å²) in [5.74, 6) is -0.304. The Labute approximate surface area is 184 Å². The average Bonchev–Trinajstić information content (AvgIpc) is 2.75. The molecule has 0 bridgehead atoms. The predicted octanol–water partition coefficient (Wildman–Crippen LogP) is 4.94. The normalized spacial score (nSPS) is 21.0. The van der Waals surface area contributed by atoms with E-state index in [0.717, 1.165) is 31.4 Å². The van der Waals surface area contributed by atoms with E-state index >= 15 is 0 Å². The number of ether oxygens (including phenoxy) is 1. The standard InChI is InChI=1S/C23H26F3N3O3/c1-14-6-3-10-19(15(14)2)29-20(30)13-32-22(31)18-9-5-11-27-21(18)28-17-8-4-7-16(12-17)23(24,25)26/h4-5,7-9,11-12,14-15,19H,3,6,10,13H2,1-2H3,(H,27,28)(H,29,30)/t14-,15-,19-/m1/s1. The third-order valence-electron chi connectivity index (χ3n) is 5.87. The molecule has 1 saturated carbocycles. The molecule has 32 heavy (non-hydrogen) atoms. The molecule has 3 atom stereocenters. The van der Waals surface area contributed by atoms with Gasteiger partial charge in [0.15, 0.2) is 6.61 Å². The molecule has 0 saturated heterocycles. The molecule has 1 fully saturated rings. The minimum absolute atomic E-state index is 0.0115. The van der Waals surface area contributed by atoms with Crippen molar-refractivity contribution in [1.29, 1.82) is 0 Å². The van der Waals surface area contributed by atoms with Crippen LogP contribution < -0.4 is 10.6 Å². The third-order valence-corrected chi connectivity index (χ3v) is 5.87. The Kier molecular flexibility index (Phi) is 7.37. The number of halogens is 3. The van der Waals surface area contributed by atoms with E-state index in [1.807, 2.05) is 0 Å². The molecule has 0 radical (unpaired) electrons. The number of carbonyl (C=O) groups excluding carboxylic acids is 2. The molecular formula is C23H26F3N3O3. The molecule has 9 heteroatoms. The Hall–Kier alpha value is -3.10. The summed E-state index contributed by atoms with van der Waals surface area (Å²) >= 11 is 0. The van der Waals surface area contributed by atoms with Crippen LogP contribution in [0.25, 0.3) is 0 Å². The van der Waals surface area contributed by atoms with Crippen LogP contribution in [0.4, 0.5) is 24.7 Å². The van der Waals surface area contributed by atoms with Crippen molar-refractivity contribution in [2.75, 3.05) is 11.9 Å². The number of rotatable bonds is 6. The first-order valence-electron chi connectivity index (χ1n) is 10.5. The molecule has 1 aliphatic carbocycles. The second-order valence-corrected chi connectivity index (χ2v) is 8.12. The molecule has 2 aromatic rings. The van der Waals surface area contributed by atoms with Gasteiger partial charge in [-0.05, 0) is 48.6 Å². The number of nitrogens with one attached hydrogen (secondary N) is 2. The zero-order valence-electron chi connectivity index (χ0n) is 17.9. The summed E-state index contributed by atoms with van der Waals surface area (Å²) in [6.07, 6.45) is -0.0455. The van der Waals surface area contributed by atoms with Gasteiger partial charge in [-0.25, -0.2) is 9.78 Å². The Morgan fingerprint density at radius 2 is 1.94 bits per heavy atom. The van der Waals surface area contributed by atoms with Crippen LogP contribution in [0.5, 0.6) is 0 Å². The highest BCUT2D eigenvalue weighted by Gasteiger charge is 2.31. The number of pyridine rings is 1. The lowest BCUT2D eigenvalue weighted by atomic mass is 9.78. The number of hydrogen-bond donors (Lipinski definition) is 2.